The third kappa shape index (κ3) is 5.17. The summed E-state index contributed by atoms with van der Waals surface area (Å²) in [6.45, 7) is 2.49. The average Bonchev–Trinajstić information content (AvgIpc) is 2.99. The average molecular weight is 424 g/mol. The molecule has 0 aromatic carbocycles. The Morgan fingerprint density at radius 3 is 2.40 bits per heavy atom. The number of rotatable bonds is 6. The van der Waals surface area contributed by atoms with Gasteiger partial charge in [-0.1, -0.05) is 0 Å². The lowest BCUT2D eigenvalue weighted by molar-refractivity contribution is -0.148. The second-order valence-corrected chi connectivity index (χ2v) is 7.33. The predicted molar refractivity (Wildman–Crippen MR) is 102 cm³/mol. The number of aromatic nitrogens is 3. The molecule has 162 valence electrons. The third-order valence-electron chi connectivity index (χ3n) is 5.22. The summed E-state index contributed by atoms with van der Waals surface area (Å²) < 4.78 is 44.4. The number of esters is 1. The van der Waals surface area contributed by atoms with Gasteiger partial charge in [-0.05, 0) is 38.8 Å². The van der Waals surface area contributed by atoms with Gasteiger partial charge in [-0.2, -0.15) is 13.2 Å². The van der Waals surface area contributed by atoms with E-state index < -0.39 is 31.1 Å². The van der Waals surface area contributed by atoms with Gasteiger partial charge in [0, 0.05) is 42.4 Å². The SMILES string of the molecule is Cc1cc(C(=O)COC(=O)C2CCN(c3ncccn3)CC2)c(C)n1CC(F)(F)F. The first kappa shape index (κ1) is 21.8. The van der Waals surface area contributed by atoms with E-state index in [1.807, 2.05) is 4.90 Å². The smallest absolute Gasteiger partial charge is 0.406 e. The molecule has 3 rings (SSSR count). The molecule has 0 unspecified atom stereocenters. The number of ether oxygens (including phenoxy) is 1. The molecular formula is C20H23F3N4O3. The van der Waals surface area contributed by atoms with Crippen LogP contribution in [0, 0.1) is 19.8 Å². The van der Waals surface area contributed by atoms with Crippen molar-refractivity contribution in [1.82, 2.24) is 14.5 Å². The van der Waals surface area contributed by atoms with Gasteiger partial charge in [0.2, 0.25) is 11.7 Å². The Kier molecular flexibility index (Phi) is 6.42. The van der Waals surface area contributed by atoms with Crippen LogP contribution in [0.4, 0.5) is 19.1 Å². The van der Waals surface area contributed by atoms with Gasteiger partial charge in [0.05, 0.1) is 5.92 Å². The van der Waals surface area contributed by atoms with Crippen molar-refractivity contribution in [2.75, 3.05) is 24.6 Å². The van der Waals surface area contributed by atoms with Gasteiger partial charge in [0.25, 0.3) is 0 Å². The fourth-order valence-corrected chi connectivity index (χ4v) is 3.61. The molecule has 3 heterocycles. The van der Waals surface area contributed by atoms with E-state index in [0.717, 1.165) is 4.57 Å². The van der Waals surface area contributed by atoms with Crippen molar-refractivity contribution >= 4 is 17.7 Å². The summed E-state index contributed by atoms with van der Waals surface area (Å²) in [4.78, 5) is 35.1. The van der Waals surface area contributed by atoms with E-state index in [0.29, 0.717) is 37.6 Å². The number of Topliss-reactive ketones (excluding diaryl/α,β-unsaturated/α-hetero) is 1. The van der Waals surface area contributed by atoms with E-state index in [2.05, 4.69) is 9.97 Å². The maximum Gasteiger partial charge on any atom is 0.406 e. The number of hydrogen-bond donors (Lipinski definition) is 0. The fraction of sp³-hybridized carbons (Fsp3) is 0.500. The molecule has 1 saturated heterocycles. The van der Waals surface area contributed by atoms with E-state index in [4.69, 9.17) is 4.74 Å². The lowest BCUT2D eigenvalue weighted by atomic mass is 9.97. The summed E-state index contributed by atoms with van der Waals surface area (Å²) in [7, 11) is 0. The minimum absolute atomic E-state index is 0.139. The number of halogens is 3. The number of piperidine rings is 1. The molecule has 1 fully saturated rings. The van der Waals surface area contributed by atoms with Crippen LogP contribution in [0.25, 0.3) is 0 Å². The highest BCUT2D eigenvalue weighted by molar-refractivity contribution is 5.99. The zero-order chi connectivity index (χ0) is 21.9. The van der Waals surface area contributed by atoms with Crippen LogP contribution in [0.2, 0.25) is 0 Å². The highest BCUT2D eigenvalue weighted by Gasteiger charge is 2.31. The van der Waals surface area contributed by atoms with Crippen LogP contribution in [0.15, 0.2) is 24.5 Å². The van der Waals surface area contributed by atoms with Crippen molar-refractivity contribution in [3.63, 3.8) is 0 Å². The number of hydrogen-bond acceptors (Lipinski definition) is 6. The molecule has 0 amide bonds. The van der Waals surface area contributed by atoms with E-state index in [-0.39, 0.29) is 17.2 Å². The first-order chi connectivity index (χ1) is 14.2. The van der Waals surface area contributed by atoms with Crippen LogP contribution in [-0.2, 0) is 16.1 Å². The second-order valence-electron chi connectivity index (χ2n) is 7.33. The van der Waals surface area contributed by atoms with E-state index in [9.17, 15) is 22.8 Å². The summed E-state index contributed by atoms with van der Waals surface area (Å²) in [5.74, 6) is -0.717. The highest BCUT2D eigenvalue weighted by atomic mass is 19.4. The van der Waals surface area contributed by atoms with Crippen LogP contribution < -0.4 is 4.90 Å². The van der Waals surface area contributed by atoms with Gasteiger partial charge < -0.3 is 14.2 Å². The van der Waals surface area contributed by atoms with Crippen molar-refractivity contribution < 1.29 is 27.5 Å². The van der Waals surface area contributed by atoms with Gasteiger partial charge in [-0.15, -0.1) is 0 Å². The number of anilines is 1. The normalized spacial score (nSPS) is 15.3. The molecule has 0 bridgehead atoms. The maximum atomic E-state index is 12.7. The molecule has 2 aromatic rings. The zero-order valence-corrected chi connectivity index (χ0v) is 16.8. The topological polar surface area (TPSA) is 77.3 Å². The number of ketones is 1. The Morgan fingerprint density at radius 2 is 1.80 bits per heavy atom. The van der Waals surface area contributed by atoms with Gasteiger partial charge in [-0.25, -0.2) is 9.97 Å². The lowest BCUT2D eigenvalue weighted by Crippen LogP contribution is -2.38. The third-order valence-corrected chi connectivity index (χ3v) is 5.22. The standard InChI is InChI=1S/C20H23F3N4O3/c1-13-10-16(14(2)27(13)12-20(21,22)23)17(28)11-30-18(29)15-4-8-26(9-5-15)19-24-6-3-7-25-19/h3,6-7,10,15H,4-5,8-9,11-12H2,1-2H3. The van der Waals surface area contributed by atoms with Crippen molar-refractivity contribution in [2.45, 2.75) is 39.4 Å². The van der Waals surface area contributed by atoms with Crippen LogP contribution >= 0.6 is 0 Å². The number of carbonyl (C=O) groups is 2. The molecule has 30 heavy (non-hydrogen) atoms. The van der Waals surface area contributed by atoms with Crippen molar-refractivity contribution in [1.29, 1.82) is 0 Å². The molecule has 1 aliphatic heterocycles. The summed E-state index contributed by atoms with van der Waals surface area (Å²) >= 11 is 0. The van der Waals surface area contributed by atoms with Gasteiger partial charge in [0.15, 0.2) is 6.61 Å². The molecular weight excluding hydrogens is 401 g/mol. The predicted octanol–water partition coefficient (Wildman–Crippen LogP) is 3.10. The monoisotopic (exact) mass is 424 g/mol. The van der Waals surface area contributed by atoms with Crippen molar-refractivity contribution in [3.8, 4) is 0 Å². The molecule has 2 aromatic heterocycles. The van der Waals surface area contributed by atoms with Gasteiger partial charge >= 0.3 is 12.1 Å². The summed E-state index contributed by atoms with van der Waals surface area (Å²) in [6.07, 6.45) is 0.0116. The van der Waals surface area contributed by atoms with Crippen LogP contribution in [-0.4, -0.2) is 52.2 Å². The summed E-state index contributed by atoms with van der Waals surface area (Å²) in [5, 5.41) is 0. The van der Waals surface area contributed by atoms with E-state index in [1.165, 1.54) is 19.9 Å². The quantitative estimate of drug-likeness (QED) is 0.524. The lowest BCUT2D eigenvalue weighted by Gasteiger charge is -2.30. The second kappa shape index (κ2) is 8.85. The Balaban J connectivity index is 1.53. The van der Waals surface area contributed by atoms with E-state index in [1.54, 1.807) is 18.5 Å². The minimum Gasteiger partial charge on any atom is -0.457 e. The molecule has 1 aliphatic rings. The van der Waals surface area contributed by atoms with Crippen LogP contribution in [0.3, 0.4) is 0 Å². The molecule has 0 saturated carbocycles. The number of aryl methyl sites for hydroxylation is 1. The Labute approximate surface area is 171 Å². The maximum absolute atomic E-state index is 12.7. The zero-order valence-electron chi connectivity index (χ0n) is 16.8. The summed E-state index contributed by atoms with van der Waals surface area (Å²) in [6, 6.07) is 3.13. The van der Waals surface area contributed by atoms with Gasteiger partial charge in [-0.3, -0.25) is 9.59 Å². The molecule has 7 nitrogen and oxygen atoms in total. The first-order valence-electron chi connectivity index (χ1n) is 9.61. The molecule has 0 atom stereocenters. The number of carbonyl (C=O) groups excluding carboxylic acids is 2. The fourth-order valence-electron chi connectivity index (χ4n) is 3.61. The van der Waals surface area contributed by atoms with Crippen LogP contribution in [0.5, 0.6) is 0 Å². The van der Waals surface area contributed by atoms with Crippen molar-refractivity contribution in [3.05, 3.63) is 41.5 Å². The van der Waals surface area contributed by atoms with Gasteiger partial charge in [0.1, 0.15) is 6.54 Å². The molecule has 0 aliphatic carbocycles. The Morgan fingerprint density at radius 1 is 1.17 bits per heavy atom. The molecule has 0 spiro atoms. The number of alkyl halides is 3. The van der Waals surface area contributed by atoms with Crippen molar-refractivity contribution in [2.24, 2.45) is 5.92 Å². The summed E-state index contributed by atoms with van der Waals surface area (Å²) in [5.41, 5.74) is 0.678. The minimum atomic E-state index is -4.39. The number of nitrogens with zero attached hydrogens (tertiary/aromatic N) is 4. The highest BCUT2D eigenvalue weighted by Crippen LogP contribution is 2.24. The molecule has 0 N–H and O–H groups in total. The Bertz CT molecular complexity index is 904. The van der Waals surface area contributed by atoms with E-state index >= 15 is 0 Å². The molecule has 10 heteroatoms. The largest absolute Gasteiger partial charge is 0.457 e. The molecule has 0 radical (unpaired) electrons. The first-order valence-corrected chi connectivity index (χ1v) is 9.61. The van der Waals surface area contributed by atoms with Crippen LogP contribution in [0.1, 0.15) is 34.6 Å². The Hall–Kier alpha value is -2.91.